The van der Waals surface area contributed by atoms with Crippen LogP contribution in [0.25, 0.3) is 10.6 Å². The lowest BCUT2D eigenvalue weighted by Gasteiger charge is -2.31. The van der Waals surface area contributed by atoms with Gasteiger partial charge in [-0.25, -0.2) is 4.98 Å². The molecule has 0 aliphatic carbocycles. The van der Waals surface area contributed by atoms with Gasteiger partial charge in [0.05, 0.1) is 36.8 Å². The van der Waals surface area contributed by atoms with Gasteiger partial charge in [0, 0.05) is 10.9 Å². The van der Waals surface area contributed by atoms with E-state index in [1.807, 2.05) is 28.5 Å². The number of thiazole rings is 1. The Hall–Kier alpha value is -1.54. The van der Waals surface area contributed by atoms with E-state index in [1.54, 1.807) is 16.2 Å². The van der Waals surface area contributed by atoms with Crippen LogP contribution in [-0.2, 0) is 6.54 Å². The lowest BCUT2D eigenvalue weighted by molar-refractivity contribution is -0.917. The number of hydrogen-bond acceptors (Lipinski definition) is 5. The highest BCUT2D eigenvalue weighted by atomic mass is 32.1. The molecule has 0 spiro atoms. The zero-order valence-corrected chi connectivity index (χ0v) is 16.5. The summed E-state index contributed by atoms with van der Waals surface area (Å²) >= 11 is 5.00. The van der Waals surface area contributed by atoms with Gasteiger partial charge in [-0.15, -0.1) is 22.7 Å². The lowest BCUT2D eigenvalue weighted by atomic mass is 10.2. The highest BCUT2D eigenvalue weighted by Crippen LogP contribution is 2.30. The van der Waals surface area contributed by atoms with Gasteiger partial charge in [-0.3, -0.25) is 4.79 Å². The zero-order valence-electron chi connectivity index (χ0n) is 14.0. The molecule has 3 aromatic heterocycles. The van der Waals surface area contributed by atoms with E-state index < -0.39 is 0 Å². The second-order valence-electron chi connectivity index (χ2n) is 6.24. The van der Waals surface area contributed by atoms with Crippen molar-refractivity contribution in [1.29, 1.82) is 0 Å². The van der Waals surface area contributed by atoms with Crippen molar-refractivity contribution >= 4 is 39.9 Å². The van der Waals surface area contributed by atoms with Crippen LogP contribution < -0.4 is 4.90 Å². The fourth-order valence-electron chi connectivity index (χ4n) is 3.11. The Kier molecular flexibility index (Phi) is 4.98. The highest BCUT2D eigenvalue weighted by Gasteiger charge is 2.27. The summed E-state index contributed by atoms with van der Waals surface area (Å²) in [7, 11) is 0. The van der Waals surface area contributed by atoms with Gasteiger partial charge in [-0.05, 0) is 29.8 Å². The Morgan fingerprint density at radius 3 is 2.80 bits per heavy atom. The van der Waals surface area contributed by atoms with Crippen molar-refractivity contribution in [3.63, 3.8) is 0 Å². The van der Waals surface area contributed by atoms with Crippen LogP contribution in [0.5, 0.6) is 0 Å². The number of hydrogen-bond donors (Lipinski definition) is 1. The summed E-state index contributed by atoms with van der Waals surface area (Å²) < 4.78 is 0. The quantitative estimate of drug-likeness (QED) is 0.744. The number of aromatic nitrogens is 1. The largest absolute Gasteiger partial charge is 0.328 e. The first-order valence-corrected chi connectivity index (χ1v) is 11.0. The van der Waals surface area contributed by atoms with Crippen LogP contribution in [0.3, 0.4) is 0 Å². The van der Waals surface area contributed by atoms with Crippen LogP contribution in [0.4, 0.5) is 0 Å². The van der Waals surface area contributed by atoms with Crippen molar-refractivity contribution in [3.8, 4) is 10.6 Å². The molecule has 130 valence electrons. The molecular weight excluding hydrogens is 370 g/mol. The van der Waals surface area contributed by atoms with E-state index in [0.29, 0.717) is 0 Å². The van der Waals surface area contributed by atoms with E-state index in [0.717, 1.165) is 53.9 Å². The number of piperazine rings is 1. The number of rotatable bonds is 4. The van der Waals surface area contributed by atoms with Gasteiger partial charge in [-0.2, -0.15) is 11.3 Å². The maximum absolute atomic E-state index is 12.9. The van der Waals surface area contributed by atoms with Crippen LogP contribution >= 0.6 is 34.0 Å². The predicted octanol–water partition coefficient (Wildman–Crippen LogP) is 2.78. The van der Waals surface area contributed by atoms with Crippen LogP contribution in [0.1, 0.15) is 20.2 Å². The van der Waals surface area contributed by atoms with Crippen molar-refractivity contribution in [1.82, 2.24) is 9.88 Å². The fraction of sp³-hybridized carbons (Fsp3) is 0.333. The summed E-state index contributed by atoms with van der Waals surface area (Å²) in [6, 6.07) is 6.36. The molecule has 0 aromatic carbocycles. The average molecular weight is 391 g/mol. The predicted molar refractivity (Wildman–Crippen MR) is 105 cm³/mol. The molecule has 0 unspecified atom stereocenters. The number of quaternary nitrogens is 1. The third-order valence-corrected chi connectivity index (χ3v) is 7.28. The maximum Gasteiger partial charge on any atom is 0.266 e. The molecule has 4 heterocycles. The van der Waals surface area contributed by atoms with Crippen molar-refractivity contribution in [2.24, 2.45) is 0 Å². The van der Waals surface area contributed by atoms with Crippen LogP contribution in [-0.4, -0.2) is 42.0 Å². The molecule has 0 bridgehead atoms. The summed E-state index contributed by atoms with van der Waals surface area (Å²) in [4.78, 5) is 23.3. The molecular formula is C18H20N3OS3+. The SMILES string of the molecule is Cc1nc(-c2ccsc2)sc1C(=O)N1CC[NH+](Cc2cccs2)CC1. The second-order valence-corrected chi connectivity index (χ2v) is 9.06. The number of carbonyl (C=O) groups is 1. The highest BCUT2D eigenvalue weighted by molar-refractivity contribution is 7.17. The Balaban J connectivity index is 1.40. The Bertz CT molecular complexity index is 831. The van der Waals surface area contributed by atoms with Crippen LogP contribution in [0.2, 0.25) is 0 Å². The smallest absolute Gasteiger partial charge is 0.266 e. The lowest BCUT2D eigenvalue weighted by Crippen LogP contribution is -3.13. The van der Waals surface area contributed by atoms with Gasteiger partial charge in [0.2, 0.25) is 0 Å². The van der Waals surface area contributed by atoms with E-state index in [-0.39, 0.29) is 5.91 Å². The topological polar surface area (TPSA) is 37.6 Å². The van der Waals surface area contributed by atoms with Crippen LogP contribution in [0.15, 0.2) is 34.3 Å². The number of thiophene rings is 2. The van der Waals surface area contributed by atoms with Gasteiger partial charge in [0.25, 0.3) is 5.91 Å². The molecule has 0 radical (unpaired) electrons. The Morgan fingerprint density at radius 2 is 2.12 bits per heavy atom. The first-order chi connectivity index (χ1) is 12.2. The molecule has 4 rings (SSSR count). The number of aryl methyl sites for hydroxylation is 1. The van der Waals surface area contributed by atoms with E-state index in [1.165, 1.54) is 16.2 Å². The number of nitrogens with one attached hydrogen (secondary N) is 1. The van der Waals surface area contributed by atoms with Crippen LogP contribution in [0, 0.1) is 6.92 Å². The molecule has 25 heavy (non-hydrogen) atoms. The molecule has 1 N–H and O–H groups in total. The molecule has 0 saturated carbocycles. The number of amides is 1. The van der Waals surface area contributed by atoms with E-state index in [2.05, 4.69) is 33.9 Å². The monoisotopic (exact) mass is 390 g/mol. The number of carbonyl (C=O) groups excluding carboxylic acids is 1. The average Bonchev–Trinajstić information content (AvgIpc) is 3.36. The van der Waals surface area contributed by atoms with Crippen molar-refractivity contribution in [2.45, 2.75) is 13.5 Å². The molecule has 1 aliphatic rings. The molecule has 1 saturated heterocycles. The summed E-state index contributed by atoms with van der Waals surface area (Å²) in [5.41, 5.74) is 1.96. The van der Waals surface area contributed by atoms with Gasteiger partial charge in [-0.1, -0.05) is 6.07 Å². The van der Waals surface area contributed by atoms with E-state index in [9.17, 15) is 4.79 Å². The molecule has 1 amide bonds. The minimum Gasteiger partial charge on any atom is -0.328 e. The third-order valence-electron chi connectivity index (χ3n) is 4.52. The molecule has 1 fully saturated rings. The maximum atomic E-state index is 12.9. The fourth-order valence-corrected chi connectivity index (χ4v) is 5.63. The Labute approximate surface area is 159 Å². The van der Waals surface area contributed by atoms with Crippen molar-refractivity contribution in [2.75, 3.05) is 26.2 Å². The minimum atomic E-state index is 0.145. The summed E-state index contributed by atoms with van der Waals surface area (Å²) in [5.74, 6) is 0.145. The van der Waals surface area contributed by atoms with Gasteiger partial charge in [0.1, 0.15) is 16.4 Å². The number of nitrogens with zero attached hydrogens (tertiary/aromatic N) is 2. The molecule has 3 aromatic rings. The minimum absolute atomic E-state index is 0.145. The third kappa shape index (κ3) is 3.69. The van der Waals surface area contributed by atoms with Gasteiger partial charge in [0.15, 0.2) is 0 Å². The molecule has 7 heteroatoms. The zero-order chi connectivity index (χ0) is 17.2. The first-order valence-electron chi connectivity index (χ1n) is 8.36. The second kappa shape index (κ2) is 7.37. The molecule has 0 atom stereocenters. The Morgan fingerprint density at radius 1 is 1.28 bits per heavy atom. The van der Waals surface area contributed by atoms with Gasteiger partial charge >= 0.3 is 0 Å². The van der Waals surface area contributed by atoms with Gasteiger partial charge < -0.3 is 9.80 Å². The first kappa shape index (κ1) is 16.9. The normalized spacial score (nSPS) is 15.6. The van der Waals surface area contributed by atoms with Crippen molar-refractivity contribution < 1.29 is 9.69 Å². The van der Waals surface area contributed by atoms with Crippen molar-refractivity contribution in [3.05, 3.63) is 49.8 Å². The summed E-state index contributed by atoms with van der Waals surface area (Å²) in [6.45, 7) is 6.69. The summed E-state index contributed by atoms with van der Waals surface area (Å²) in [6.07, 6.45) is 0. The standard InChI is InChI=1S/C18H19N3OS3/c1-13-16(25-17(19-13)14-4-10-23-12-14)18(22)21-7-5-20(6-8-21)11-15-3-2-9-24-15/h2-4,9-10,12H,5-8,11H2,1H3/p+1. The van der Waals surface area contributed by atoms with E-state index >= 15 is 0 Å². The molecule has 4 nitrogen and oxygen atoms in total. The summed E-state index contributed by atoms with van der Waals surface area (Å²) in [5, 5.41) is 7.21. The molecule has 1 aliphatic heterocycles. The van der Waals surface area contributed by atoms with E-state index in [4.69, 9.17) is 0 Å².